The minimum atomic E-state index is -1.57. The number of halogens is 1. The van der Waals surface area contributed by atoms with Crippen molar-refractivity contribution in [3.63, 3.8) is 0 Å². The second-order valence-corrected chi connectivity index (χ2v) is 4.96. The summed E-state index contributed by atoms with van der Waals surface area (Å²) in [7, 11) is 0. The number of carbonyl (C=O) groups excluding carboxylic acids is 2. The van der Waals surface area contributed by atoms with Gasteiger partial charge in [-0.05, 0) is 27.2 Å². The zero-order valence-electron chi connectivity index (χ0n) is 9.96. The van der Waals surface area contributed by atoms with Gasteiger partial charge in [0.1, 0.15) is 5.60 Å². The summed E-state index contributed by atoms with van der Waals surface area (Å²) < 4.78 is 18.4. The van der Waals surface area contributed by atoms with Crippen molar-refractivity contribution in [2.45, 2.75) is 45.4 Å². The maximum atomic E-state index is 13.3. The molecule has 0 radical (unpaired) electrons. The van der Waals surface area contributed by atoms with Gasteiger partial charge in [0.2, 0.25) is 0 Å². The highest BCUT2D eigenvalue weighted by atomic mass is 19.1. The Morgan fingerprint density at radius 1 is 1.50 bits per heavy atom. The van der Waals surface area contributed by atoms with Crippen molar-refractivity contribution in [1.29, 1.82) is 0 Å². The molecule has 5 heteroatoms. The lowest BCUT2D eigenvalue weighted by Crippen LogP contribution is -2.40. The van der Waals surface area contributed by atoms with E-state index < -0.39 is 23.6 Å². The van der Waals surface area contributed by atoms with Crippen molar-refractivity contribution >= 4 is 11.9 Å². The van der Waals surface area contributed by atoms with E-state index >= 15 is 0 Å². The van der Waals surface area contributed by atoms with Gasteiger partial charge < -0.3 is 9.64 Å². The summed E-state index contributed by atoms with van der Waals surface area (Å²) >= 11 is 0. The summed E-state index contributed by atoms with van der Waals surface area (Å²) in [5.41, 5.74) is -0.598. The van der Waals surface area contributed by atoms with Crippen LogP contribution in [-0.2, 0) is 9.53 Å². The molecule has 1 aliphatic heterocycles. The third-order valence-electron chi connectivity index (χ3n) is 2.23. The van der Waals surface area contributed by atoms with Gasteiger partial charge in [0, 0.05) is 13.0 Å². The van der Waals surface area contributed by atoms with Gasteiger partial charge in [0.15, 0.2) is 12.0 Å². The van der Waals surface area contributed by atoms with Crippen LogP contribution in [0.1, 0.15) is 33.6 Å². The molecule has 0 unspecified atom stereocenters. The standard InChI is InChI=1S/C11H18FNO3/c1-11(2,3)16-10(15)13-6-4-5-9(14)8(12)7-13/h8H,4-7H2,1-3H3/t8-/m0/s1. The van der Waals surface area contributed by atoms with E-state index in [4.69, 9.17) is 4.74 Å². The highest BCUT2D eigenvalue weighted by molar-refractivity contribution is 5.84. The maximum absolute atomic E-state index is 13.3. The van der Waals surface area contributed by atoms with Crippen LogP contribution in [0.2, 0.25) is 0 Å². The fourth-order valence-electron chi connectivity index (χ4n) is 1.48. The lowest BCUT2D eigenvalue weighted by molar-refractivity contribution is -0.123. The Bertz CT molecular complexity index is 285. The molecule has 0 aromatic carbocycles. The number of amides is 1. The summed E-state index contributed by atoms with van der Waals surface area (Å²) in [6.45, 7) is 5.44. The Labute approximate surface area is 94.7 Å². The third kappa shape index (κ3) is 3.79. The van der Waals surface area contributed by atoms with Crippen LogP contribution in [0.25, 0.3) is 0 Å². The molecule has 1 atom stereocenters. The van der Waals surface area contributed by atoms with Gasteiger partial charge in [0.25, 0.3) is 0 Å². The van der Waals surface area contributed by atoms with Crippen molar-refractivity contribution in [3.8, 4) is 0 Å². The predicted octanol–water partition coefficient (Wildman–Crippen LogP) is 1.92. The van der Waals surface area contributed by atoms with Crippen LogP contribution in [0.15, 0.2) is 0 Å². The predicted molar refractivity (Wildman–Crippen MR) is 56.9 cm³/mol. The molecular weight excluding hydrogens is 213 g/mol. The zero-order valence-corrected chi connectivity index (χ0v) is 9.96. The Morgan fingerprint density at radius 3 is 2.69 bits per heavy atom. The van der Waals surface area contributed by atoms with E-state index in [9.17, 15) is 14.0 Å². The van der Waals surface area contributed by atoms with Crippen LogP contribution >= 0.6 is 0 Å². The van der Waals surface area contributed by atoms with E-state index in [2.05, 4.69) is 0 Å². The minimum absolute atomic E-state index is 0.187. The summed E-state index contributed by atoms with van der Waals surface area (Å²) in [5.74, 6) is -0.425. The zero-order chi connectivity index (χ0) is 12.3. The number of hydrogen-bond acceptors (Lipinski definition) is 3. The Hall–Kier alpha value is -1.13. The van der Waals surface area contributed by atoms with Crippen molar-refractivity contribution < 1.29 is 18.7 Å². The SMILES string of the molecule is CC(C)(C)OC(=O)N1CCCC(=O)[C@@H](F)C1. The molecule has 0 aromatic rings. The maximum Gasteiger partial charge on any atom is 0.410 e. The molecule has 0 aliphatic carbocycles. The molecule has 16 heavy (non-hydrogen) atoms. The summed E-state index contributed by atoms with van der Waals surface area (Å²) in [6.07, 6.45) is -1.43. The van der Waals surface area contributed by atoms with Crippen molar-refractivity contribution in [2.75, 3.05) is 13.1 Å². The second-order valence-electron chi connectivity index (χ2n) is 4.96. The number of ether oxygens (including phenoxy) is 1. The molecule has 0 spiro atoms. The molecule has 1 rings (SSSR count). The largest absolute Gasteiger partial charge is 0.444 e. The Morgan fingerprint density at radius 2 is 2.12 bits per heavy atom. The second kappa shape index (κ2) is 4.80. The minimum Gasteiger partial charge on any atom is -0.444 e. The molecule has 0 aromatic heterocycles. The van der Waals surface area contributed by atoms with Crippen molar-refractivity contribution in [2.24, 2.45) is 0 Å². The molecule has 1 heterocycles. The average Bonchev–Trinajstić information content (AvgIpc) is 2.27. The Kier molecular flexibility index (Phi) is 3.88. The fourth-order valence-corrected chi connectivity index (χ4v) is 1.48. The molecule has 1 fully saturated rings. The number of alkyl halides is 1. The number of hydrogen-bond donors (Lipinski definition) is 0. The molecule has 92 valence electrons. The molecular formula is C11H18FNO3. The molecule has 4 nitrogen and oxygen atoms in total. The van der Waals surface area contributed by atoms with Gasteiger partial charge in [-0.3, -0.25) is 4.79 Å². The summed E-state index contributed by atoms with van der Waals surface area (Å²) in [5, 5.41) is 0. The highest BCUT2D eigenvalue weighted by Crippen LogP contribution is 2.15. The van der Waals surface area contributed by atoms with Gasteiger partial charge in [-0.1, -0.05) is 0 Å². The number of Topliss-reactive ketones (excluding diaryl/α,β-unsaturated/α-hetero) is 1. The molecule has 1 aliphatic rings. The van der Waals surface area contributed by atoms with Crippen LogP contribution in [0.3, 0.4) is 0 Å². The first-order chi connectivity index (χ1) is 7.29. The first kappa shape index (κ1) is 12.9. The highest BCUT2D eigenvalue weighted by Gasteiger charge is 2.29. The van der Waals surface area contributed by atoms with E-state index in [1.54, 1.807) is 20.8 Å². The van der Waals surface area contributed by atoms with Crippen LogP contribution < -0.4 is 0 Å². The molecule has 0 saturated carbocycles. The van der Waals surface area contributed by atoms with E-state index in [1.807, 2.05) is 0 Å². The van der Waals surface area contributed by atoms with Crippen molar-refractivity contribution in [1.82, 2.24) is 4.90 Å². The Balaban J connectivity index is 2.59. The van der Waals surface area contributed by atoms with Crippen molar-refractivity contribution in [3.05, 3.63) is 0 Å². The number of ketones is 1. The number of rotatable bonds is 0. The summed E-state index contributed by atoms with van der Waals surface area (Å²) in [4.78, 5) is 24.0. The number of carbonyl (C=O) groups is 2. The lowest BCUT2D eigenvalue weighted by Gasteiger charge is -2.26. The first-order valence-corrected chi connectivity index (χ1v) is 5.44. The number of nitrogens with zero attached hydrogens (tertiary/aromatic N) is 1. The fraction of sp³-hybridized carbons (Fsp3) is 0.818. The quantitative estimate of drug-likeness (QED) is 0.640. The molecule has 0 bridgehead atoms. The third-order valence-corrected chi connectivity index (χ3v) is 2.23. The van der Waals surface area contributed by atoms with E-state index in [-0.39, 0.29) is 13.0 Å². The first-order valence-electron chi connectivity index (χ1n) is 5.44. The smallest absolute Gasteiger partial charge is 0.410 e. The van der Waals surface area contributed by atoms with E-state index in [0.29, 0.717) is 13.0 Å². The molecule has 1 amide bonds. The van der Waals surface area contributed by atoms with Gasteiger partial charge in [-0.25, -0.2) is 9.18 Å². The van der Waals surface area contributed by atoms with Crippen LogP contribution in [-0.4, -0.2) is 41.6 Å². The average molecular weight is 231 g/mol. The normalized spacial score (nSPS) is 22.9. The van der Waals surface area contributed by atoms with E-state index in [0.717, 1.165) is 0 Å². The lowest BCUT2D eigenvalue weighted by atomic mass is 10.2. The van der Waals surface area contributed by atoms with Crippen LogP contribution in [0.4, 0.5) is 9.18 Å². The summed E-state index contributed by atoms with van der Waals surface area (Å²) in [6, 6.07) is 0. The number of likely N-dealkylation sites (tertiary alicyclic amines) is 1. The topological polar surface area (TPSA) is 46.6 Å². The van der Waals surface area contributed by atoms with Gasteiger partial charge in [-0.15, -0.1) is 0 Å². The van der Waals surface area contributed by atoms with Gasteiger partial charge >= 0.3 is 6.09 Å². The molecule has 0 N–H and O–H groups in total. The van der Waals surface area contributed by atoms with E-state index in [1.165, 1.54) is 4.90 Å². The monoisotopic (exact) mass is 231 g/mol. The van der Waals surface area contributed by atoms with Crippen LogP contribution in [0, 0.1) is 0 Å². The molecule has 1 saturated heterocycles. The van der Waals surface area contributed by atoms with Gasteiger partial charge in [-0.2, -0.15) is 0 Å². The van der Waals surface area contributed by atoms with Gasteiger partial charge in [0.05, 0.1) is 6.54 Å². The van der Waals surface area contributed by atoms with Crippen LogP contribution in [0.5, 0.6) is 0 Å².